The maximum Gasteiger partial charge on any atom is 0.141 e. The molecule has 2 heteroatoms. The maximum atomic E-state index is 11.6. The van der Waals surface area contributed by atoms with Gasteiger partial charge in [-0.1, -0.05) is 66.9 Å². The van der Waals surface area contributed by atoms with Crippen molar-refractivity contribution in [3.63, 3.8) is 0 Å². The van der Waals surface area contributed by atoms with E-state index in [9.17, 15) is 4.79 Å². The summed E-state index contributed by atoms with van der Waals surface area (Å²) in [7, 11) is 0. The van der Waals surface area contributed by atoms with Crippen LogP contribution in [-0.2, 0) is 4.79 Å². The average Bonchev–Trinajstić information content (AvgIpc) is 2.35. The van der Waals surface area contributed by atoms with E-state index >= 15 is 0 Å². The van der Waals surface area contributed by atoms with Gasteiger partial charge in [-0.2, -0.15) is 0 Å². The standard InChI is InChI=1S/C17H20OS/c1-14(2)12-16(18)13-17(19)11-7-6-10-15-8-4-3-5-9-15/h3-6,8-10H,1,7,11-13H2,2H3/b10-6+. The molecule has 0 N–H and O–H groups in total. The molecule has 0 bridgehead atoms. The van der Waals surface area contributed by atoms with Crippen LogP contribution >= 0.6 is 12.2 Å². The Bertz CT molecular complexity index is 471. The monoisotopic (exact) mass is 272 g/mol. The van der Waals surface area contributed by atoms with Crippen LogP contribution in [0, 0.1) is 0 Å². The molecule has 0 aromatic heterocycles. The molecule has 0 saturated heterocycles. The molecular weight excluding hydrogens is 252 g/mol. The lowest BCUT2D eigenvalue weighted by molar-refractivity contribution is -0.117. The van der Waals surface area contributed by atoms with E-state index in [2.05, 4.69) is 30.9 Å². The number of hydrogen-bond donors (Lipinski definition) is 0. The zero-order valence-corrected chi connectivity index (χ0v) is 12.2. The topological polar surface area (TPSA) is 17.1 Å². The number of Topliss-reactive ketones (excluding diaryl/α,β-unsaturated/α-hetero) is 1. The molecule has 1 rings (SSSR count). The van der Waals surface area contributed by atoms with Crippen LogP contribution in [0.25, 0.3) is 6.08 Å². The SMILES string of the molecule is C=C(C)CC(=O)CC(=S)CC/C=C/c1ccccc1. The van der Waals surface area contributed by atoms with Gasteiger partial charge in [0.05, 0.1) is 0 Å². The number of benzene rings is 1. The van der Waals surface area contributed by atoms with Crippen LogP contribution in [0.1, 0.15) is 38.2 Å². The molecule has 0 radical (unpaired) electrons. The van der Waals surface area contributed by atoms with Crippen molar-refractivity contribution in [2.24, 2.45) is 0 Å². The molecule has 1 aromatic rings. The predicted molar refractivity (Wildman–Crippen MR) is 86.4 cm³/mol. The number of hydrogen-bond acceptors (Lipinski definition) is 2. The van der Waals surface area contributed by atoms with Crippen LogP contribution in [0.4, 0.5) is 0 Å². The van der Waals surface area contributed by atoms with Crippen LogP contribution in [0.3, 0.4) is 0 Å². The average molecular weight is 272 g/mol. The molecule has 0 unspecified atom stereocenters. The van der Waals surface area contributed by atoms with Gasteiger partial charge in [-0.3, -0.25) is 4.79 Å². The highest BCUT2D eigenvalue weighted by molar-refractivity contribution is 7.80. The molecule has 0 spiro atoms. The second-order valence-electron chi connectivity index (χ2n) is 4.74. The number of carbonyl (C=O) groups excluding carboxylic acids is 1. The molecule has 19 heavy (non-hydrogen) atoms. The highest BCUT2D eigenvalue weighted by atomic mass is 32.1. The fourth-order valence-electron chi connectivity index (χ4n) is 1.74. The summed E-state index contributed by atoms with van der Waals surface area (Å²) in [5.41, 5.74) is 2.09. The Hall–Kier alpha value is -1.54. The summed E-state index contributed by atoms with van der Waals surface area (Å²) in [6.07, 6.45) is 6.71. The van der Waals surface area contributed by atoms with Crippen molar-refractivity contribution in [1.29, 1.82) is 0 Å². The van der Waals surface area contributed by atoms with E-state index in [0.717, 1.165) is 23.3 Å². The summed E-state index contributed by atoms with van der Waals surface area (Å²) in [4.78, 5) is 12.4. The van der Waals surface area contributed by atoms with Crippen LogP contribution in [0.15, 0.2) is 48.6 Å². The van der Waals surface area contributed by atoms with E-state index in [4.69, 9.17) is 12.2 Å². The molecule has 1 aromatic carbocycles. The predicted octanol–water partition coefficient (Wildman–Crippen LogP) is 4.78. The summed E-state index contributed by atoms with van der Waals surface area (Å²) >= 11 is 5.23. The maximum absolute atomic E-state index is 11.6. The first kappa shape index (κ1) is 15.5. The summed E-state index contributed by atoms with van der Waals surface area (Å²) in [6, 6.07) is 10.2. The van der Waals surface area contributed by atoms with E-state index in [1.807, 2.05) is 25.1 Å². The van der Waals surface area contributed by atoms with Crippen LogP contribution < -0.4 is 0 Å². The Morgan fingerprint density at radius 1 is 1.26 bits per heavy atom. The van der Waals surface area contributed by atoms with Crippen molar-refractivity contribution in [3.8, 4) is 0 Å². The summed E-state index contributed by atoms with van der Waals surface area (Å²) in [5.74, 6) is 0.171. The molecule has 0 aliphatic heterocycles. The van der Waals surface area contributed by atoms with Gasteiger partial charge in [0.15, 0.2) is 0 Å². The number of allylic oxidation sites excluding steroid dienone is 2. The molecule has 0 aliphatic carbocycles. The third-order valence-electron chi connectivity index (χ3n) is 2.59. The third kappa shape index (κ3) is 7.47. The molecule has 0 heterocycles. The zero-order chi connectivity index (χ0) is 14.1. The minimum absolute atomic E-state index is 0.171. The second-order valence-corrected chi connectivity index (χ2v) is 5.32. The lowest BCUT2D eigenvalue weighted by atomic mass is 10.1. The molecule has 0 atom stereocenters. The molecule has 1 nitrogen and oxygen atoms in total. The first-order valence-corrected chi connectivity index (χ1v) is 6.88. The first-order valence-electron chi connectivity index (χ1n) is 6.47. The summed E-state index contributed by atoms with van der Waals surface area (Å²) in [6.45, 7) is 5.60. The van der Waals surface area contributed by atoms with E-state index in [-0.39, 0.29) is 5.78 Å². The van der Waals surface area contributed by atoms with Gasteiger partial charge in [0, 0.05) is 17.7 Å². The highest BCUT2D eigenvalue weighted by Gasteiger charge is 2.05. The van der Waals surface area contributed by atoms with E-state index in [1.165, 1.54) is 5.56 Å². The largest absolute Gasteiger partial charge is 0.299 e. The van der Waals surface area contributed by atoms with Crippen molar-refractivity contribution in [2.45, 2.75) is 32.6 Å². The second kappa shape index (κ2) is 8.54. The Balaban J connectivity index is 2.26. The van der Waals surface area contributed by atoms with Crippen LogP contribution in [0.5, 0.6) is 0 Å². The van der Waals surface area contributed by atoms with Gasteiger partial charge in [0.2, 0.25) is 0 Å². The van der Waals surface area contributed by atoms with Crippen LogP contribution in [0.2, 0.25) is 0 Å². The summed E-state index contributed by atoms with van der Waals surface area (Å²) in [5, 5.41) is 0. The number of rotatable bonds is 8. The zero-order valence-electron chi connectivity index (χ0n) is 11.4. The van der Waals surface area contributed by atoms with Crippen molar-refractivity contribution in [2.75, 3.05) is 0 Å². The molecule has 0 aliphatic rings. The fourth-order valence-corrected chi connectivity index (χ4v) is 2.01. The lowest BCUT2D eigenvalue weighted by Crippen LogP contribution is -2.05. The molecular formula is C17H20OS. The third-order valence-corrected chi connectivity index (χ3v) is 2.94. The van der Waals surface area contributed by atoms with Gasteiger partial charge >= 0.3 is 0 Å². The van der Waals surface area contributed by atoms with Gasteiger partial charge in [-0.25, -0.2) is 0 Å². The quantitative estimate of drug-likeness (QED) is 0.500. The van der Waals surface area contributed by atoms with E-state index in [1.54, 1.807) is 0 Å². The Morgan fingerprint density at radius 2 is 1.95 bits per heavy atom. The van der Waals surface area contributed by atoms with Gasteiger partial charge in [-0.05, 0) is 25.3 Å². The normalized spacial score (nSPS) is 10.6. The van der Waals surface area contributed by atoms with Crippen molar-refractivity contribution in [3.05, 3.63) is 54.1 Å². The number of thiocarbonyl (C=S) groups is 1. The van der Waals surface area contributed by atoms with Gasteiger partial charge < -0.3 is 0 Å². The van der Waals surface area contributed by atoms with Crippen molar-refractivity contribution in [1.82, 2.24) is 0 Å². The minimum Gasteiger partial charge on any atom is -0.299 e. The first-order chi connectivity index (χ1) is 9.08. The van der Waals surface area contributed by atoms with E-state index in [0.29, 0.717) is 12.8 Å². The lowest BCUT2D eigenvalue weighted by Gasteiger charge is -2.01. The minimum atomic E-state index is 0.171. The van der Waals surface area contributed by atoms with Crippen LogP contribution in [-0.4, -0.2) is 10.6 Å². The van der Waals surface area contributed by atoms with Gasteiger partial charge in [-0.15, -0.1) is 0 Å². The van der Waals surface area contributed by atoms with E-state index < -0.39 is 0 Å². The van der Waals surface area contributed by atoms with Gasteiger partial charge in [0.1, 0.15) is 5.78 Å². The summed E-state index contributed by atoms with van der Waals surface area (Å²) < 4.78 is 0. The smallest absolute Gasteiger partial charge is 0.141 e. The van der Waals surface area contributed by atoms with Crippen molar-refractivity contribution >= 4 is 28.9 Å². The Kier molecular flexibility index (Phi) is 6.98. The Morgan fingerprint density at radius 3 is 2.58 bits per heavy atom. The van der Waals surface area contributed by atoms with Gasteiger partial charge in [0.25, 0.3) is 0 Å². The Labute approximate surface area is 121 Å². The molecule has 0 saturated carbocycles. The fraction of sp³-hybridized carbons (Fsp3) is 0.294. The molecule has 100 valence electrons. The molecule has 0 amide bonds. The van der Waals surface area contributed by atoms with Crippen molar-refractivity contribution < 1.29 is 4.79 Å². The number of carbonyl (C=O) groups is 1. The number of ketones is 1. The highest BCUT2D eigenvalue weighted by Crippen LogP contribution is 2.07. The molecule has 0 fully saturated rings.